The van der Waals surface area contributed by atoms with Crippen molar-refractivity contribution in [1.82, 2.24) is 0 Å². The van der Waals surface area contributed by atoms with Gasteiger partial charge in [0.1, 0.15) is 0 Å². The van der Waals surface area contributed by atoms with Crippen molar-refractivity contribution in [3.63, 3.8) is 0 Å². The van der Waals surface area contributed by atoms with Crippen LogP contribution in [0.5, 0.6) is 0 Å². The zero-order valence-corrected chi connectivity index (χ0v) is 3.96. The van der Waals surface area contributed by atoms with E-state index in [1.165, 1.54) is 0 Å². The van der Waals surface area contributed by atoms with Crippen molar-refractivity contribution in [3.05, 3.63) is 0 Å². The molecule has 0 aromatic heterocycles. The number of aliphatic hydroxyl groups is 1. The van der Waals surface area contributed by atoms with E-state index in [1.807, 2.05) is 0 Å². The first-order chi connectivity index (χ1) is 3.15. The number of aliphatic hydroxyl groups excluding tert-OH is 1. The lowest BCUT2D eigenvalue weighted by Gasteiger charge is -1.60. The molecule has 4 nitrogen and oxygen atoms in total. The van der Waals surface area contributed by atoms with Crippen molar-refractivity contribution >= 4 is 6.16 Å². The average molecular weight is 108 g/mol. The van der Waals surface area contributed by atoms with Crippen LogP contribution >= 0.6 is 0 Å². The van der Waals surface area contributed by atoms with E-state index < -0.39 is 6.16 Å². The van der Waals surface area contributed by atoms with Crippen LogP contribution in [0.15, 0.2) is 0 Å². The highest BCUT2D eigenvalue weighted by Crippen LogP contribution is 1.42. The van der Waals surface area contributed by atoms with Crippen molar-refractivity contribution in [2.45, 2.75) is 6.92 Å². The van der Waals surface area contributed by atoms with E-state index in [4.69, 9.17) is 20.1 Å². The first kappa shape index (κ1) is 9.52. The fraction of sp³-hybridized carbons (Fsp3) is 0.667. The van der Waals surface area contributed by atoms with Crippen molar-refractivity contribution in [2.24, 2.45) is 0 Å². The molecule has 0 aliphatic heterocycles. The van der Waals surface area contributed by atoms with Crippen molar-refractivity contribution in [1.29, 1.82) is 0 Å². The van der Waals surface area contributed by atoms with Gasteiger partial charge >= 0.3 is 6.16 Å². The summed E-state index contributed by atoms with van der Waals surface area (Å²) in [4.78, 5) is 8.56. The SMILES string of the molecule is CCO.O=C(O)O. The van der Waals surface area contributed by atoms with Gasteiger partial charge in [-0.15, -0.1) is 0 Å². The van der Waals surface area contributed by atoms with Crippen LogP contribution in [0.1, 0.15) is 6.92 Å². The fourth-order valence-electron chi connectivity index (χ4n) is 0. The molecule has 0 aliphatic rings. The topological polar surface area (TPSA) is 77.8 Å². The minimum absolute atomic E-state index is 0.250. The minimum Gasteiger partial charge on any atom is -0.450 e. The Hall–Kier alpha value is -0.770. The lowest BCUT2D eigenvalue weighted by Crippen LogP contribution is -1.81. The Morgan fingerprint density at radius 1 is 1.57 bits per heavy atom. The second-order valence-electron chi connectivity index (χ2n) is 0.599. The first-order valence-corrected chi connectivity index (χ1v) is 1.67. The highest BCUT2D eigenvalue weighted by Gasteiger charge is 1.70. The van der Waals surface area contributed by atoms with Crippen LogP contribution < -0.4 is 0 Å². The molecule has 7 heavy (non-hydrogen) atoms. The average Bonchev–Trinajstić information content (AvgIpc) is 1.33. The molecule has 0 radical (unpaired) electrons. The largest absolute Gasteiger partial charge is 0.503 e. The predicted molar refractivity (Wildman–Crippen MR) is 23.4 cm³/mol. The van der Waals surface area contributed by atoms with Crippen LogP contribution in [-0.4, -0.2) is 28.1 Å². The summed E-state index contributed by atoms with van der Waals surface area (Å²) >= 11 is 0. The molecule has 0 saturated carbocycles. The molecule has 0 fully saturated rings. The molecule has 0 saturated heterocycles. The molecule has 0 rings (SSSR count). The number of rotatable bonds is 0. The predicted octanol–water partition coefficient (Wildman–Crippen LogP) is 0.221. The lowest BCUT2D eigenvalue weighted by molar-refractivity contribution is 0.137. The van der Waals surface area contributed by atoms with E-state index in [1.54, 1.807) is 6.92 Å². The Balaban J connectivity index is 0. The summed E-state index contributed by atoms with van der Waals surface area (Å²) in [7, 11) is 0. The maximum absolute atomic E-state index is 8.56. The summed E-state index contributed by atoms with van der Waals surface area (Å²) in [5, 5.41) is 21.5. The van der Waals surface area contributed by atoms with Gasteiger partial charge in [0.25, 0.3) is 0 Å². The Kier molecular flexibility index (Phi) is 12.2. The maximum Gasteiger partial charge on any atom is 0.503 e. The molecule has 0 atom stereocenters. The van der Waals surface area contributed by atoms with Gasteiger partial charge in [-0.25, -0.2) is 4.79 Å². The molecular formula is C3H8O4. The lowest BCUT2D eigenvalue weighted by atomic mass is 10.9. The molecular weight excluding hydrogens is 100 g/mol. The summed E-state index contributed by atoms with van der Waals surface area (Å²) in [6.07, 6.45) is -1.83. The third kappa shape index (κ3) is 92.0. The molecule has 3 N–H and O–H groups in total. The molecule has 0 spiro atoms. The van der Waals surface area contributed by atoms with Gasteiger partial charge in [0.2, 0.25) is 0 Å². The Morgan fingerprint density at radius 2 is 1.57 bits per heavy atom. The van der Waals surface area contributed by atoms with Crippen LogP contribution in [0, 0.1) is 0 Å². The summed E-state index contributed by atoms with van der Waals surface area (Å²) < 4.78 is 0. The van der Waals surface area contributed by atoms with Crippen molar-refractivity contribution < 1.29 is 20.1 Å². The molecule has 4 heteroatoms. The fourth-order valence-corrected chi connectivity index (χ4v) is 0. The summed E-state index contributed by atoms with van der Waals surface area (Å²) in [5.41, 5.74) is 0. The van der Waals surface area contributed by atoms with Gasteiger partial charge < -0.3 is 15.3 Å². The second-order valence-corrected chi connectivity index (χ2v) is 0.599. The number of carbonyl (C=O) groups is 1. The summed E-state index contributed by atoms with van der Waals surface area (Å²) in [5.74, 6) is 0. The van der Waals surface area contributed by atoms with Crippen LogP contribution in [0.2, 0.25) is 0 Å². The Morgan fingerprint density at radius 3 is 1.57 bits per heavy atom. The normalized spacial score (nSPS) is 6.00. The highest BCUT2D eigenvalue weighted by atomic mass is 16.6. The molecule has 0 unspecified atom stereocenters. The van der Waals surface area contributed by atoms with Gasteiger partial charge in [0.05, 0.1) is 0 Å². The van der Waals surface area contributed by atoms with Gasteiger partial charge in [-0.05, 0) is 6.92 Å². The zero-order valence-electron chi connectivity index (χ0n) is 3.96. The Labute approximate surface area is 41.0 Å². The van der Waals surface area contributed by atoms with E-state index in [0.29, 0.717) is 0 Å². The van der Waals surface area contributed by atoms with E-state index in [-0.39, 0.29) is 6.61 Å². The standard InChI is InChI=1S/C2H6O.CH2O3/c1-2-3;2-1(3)4/h3H,2H2,1H3;(H2,2,3,4). The first-order valence-electron chi connectivity index (χ1n) is 1.67. The van der Waals surface area contributed by atoms with E-state index >= 15 is 0 Å². The monoisotopic (exact) mass is 108 g/mol. The van der Waals surface area contributed by atoms with Crippen molar-refractivity contribution in [2.75, 3.05) is 6.61 Å². The quantitative estimate of drug-likeness (QED) is 0.414. The van der Waals surface area contributed by atoms with E-state index in [0.717, 1.165) is 0 Å². The van der Waals surface area contributed by atoms with Gasteiger partial charge in [-0.1, -0.05) is 0 Å². The smallest absolute Gasteiger partial charge is 0.450 e. The third-order valence-electron chi connectivity index (χ3n) is 0. The van der Waals surface area contributed by atoms with Crippen LogP contribution in [-0.2, 0) is 0 Å². The van der Waals surface area contributed by atoms with Crippen molar-refractivity contribution in [3.8, 4) is 0 Å². The molecule has 0 heterocycles. The minimum atomic E-state index is -1.83. The third-order valence-corrected chi connectivity index (χ3v) is 0. The molecule has 44 valence electrons. The van der Waals surface area contributed by atoms with E-state index in [2.05, 4.69) is 0 Å². The van der Waals surface area contributed by atoms with Gasteiger partial charge in [-0.2, -0.15) is 0 Å². The molecule has 0 aromatic carbocycles. The zero-order chi connectivity index (χ0) is 6.28. The molecule has 0 bridgehead atoms. The van der Waals surface area contributed by atoms with Crippen LogP contribution in [0.4, 0.5) is 4.79 Å². The van der Waals surface area contributed by atoms with E-state index in [9.17, 15) is 0 Å². The number of hydrogen-bond acceptors (Lipinski definition) is 2. The highest BCUT2D eigenvalue weighted by molar-refractivity contribution is 5.53. The van der Waals surface area contributed by atoms with Gasteiger partial charge in [0, 0.05) is 6.61 Å². The second kappa shape index (κ2) is 8.97. The molecule has 0 aliphatic carbocycles. The summed E-state index contributed by atoms with van der Waals surface area (Å²) in [6, 6.07) is 0. The van der Waals surface area contributed by atoms with Gasteiger partial charge in [0.15, 0.2) is 0 Å². The summed E-state index contributed by atoms with van der Waals surface area (Å²) in [6.45, 7) is 1.93. The van der Waals surface area contributed by atoms with Gasteiger partial charge in [-0.3, -0.25) is 0 Å². The Bertz CT molecular complexity index is 38.2. The number of carboxylic acid groups (broad SMARTS) is 2. The number of hydrogen-bond donors (Lipinski definition) is 3. The molecule has 0 aromatic rings. The van der Waals surface area contributed by atoms with Crippen LogP contribution in [0.3, 0.4) is 0 Å². The van der Waals surface area contributed by atoms with Crippen LogP contribution in [0.25, 0.3) is 0 Å². The molecule has 0 amide bonds. The maximum atomic E-state index is 8.56.